The van der Waals surface area contributed by atoms with Crippen LogP contribution >= 0.6 is 12.2 Å². The summed E-state index contributed by atoms with van der Waals surface area (Å²) in [6.45, 7) is 3.12. The molecule has 0 aliphatic carbocycles. The first-order chi connectivity index (χ1) is 12.5. The van der Waals surface area contributed by atoms with Gasteiger partial charge in [0.05, 0.1) is 30.4 Å². The van der Waals surface area contributed by atoms with E-state index in [1.54, 1.807) is 17.1 Å². The Bertz CT molecular complexity index is 1060. The van der Waals surface area contributed by atoms with Gasteiger partial charge in [0, 0.05) is 31.0 Å². The highest BCUT2D eigenvalue weighted by molar-refractivity contribution is 7.71. The molecule has 3 heterocycles. The second kappa shape index (κ2) is 7.42. The lowest BCUT2D eigenvalue weighted by atomic mass is 10.1. The van der Waals surface area contributed by atoms with Crippen LogP contribution in [0.15, 0.2) is 23.3 Å². The Labute approximate surface area is 152 Å². The third kappa shape index (κ3) is 3.29. The topological polar surface area (TPSA) is 77.7 Å². The lowest BCUT2D eigenvalue weighted by Gasteiger charge is -2.13. The standard InChI is InChI=1S/C16H17F2N5O2S/c1-3-22-8-9(7-19-22)11-6-10(13(17)18)12-14(20-11)23(4-5-25-2)16(26)21-15(12)24/h6-8,13H,3-5H2,1-2H3,(H,21,24,26). The molecule has 0 aromatic carbocycles. The monoisotopic (exact) mass is 381 g/mol. The van der Waals surface area contributed by atoms with Crippen LogP contribution in [0.2, 0.25) is 0 Å². The van der Waals surface area contributed by atoms with Crippen molar-refractivity contribution in [2.75, 3.05) is 13.7 Å². The van der Waals surface area contributed by atoms with Gasteiger partial charge in [-0.05, 0) is 25.2 Å². The zero-order chi connectivity index (χ0) is 18.8. The molecule has 0 saturated heterocycles. The van der Waals surface area contributed by atoms with Crippen LogP contribution in [0.3, 0.4) is 0 Å². The first-order valence-electron chi connectivity index (χ1n) is 7.94. The molecule has 0 amide bonds. The summed E-state index contributed by atoms with van der Waals surface area (Å²) in [5.41, 5.74) is -0.0828. The molecular formula is C16H17F2N5O2S. The minimum Gasteiger partial charge on any atom is -0.383 e. The Kier molecular flexibility index (Phi) is 5.23. The van der Waals surface area contributed by atoms with E-state index in [-0.39, 0.29) is 22.3 Å². The number of aromatic amines is 1. The van der Waals surface area contributed by atoms with Crippen molar-refractivity contribution in [2.24, 2.45) is 0 Å². The fraction of sp³-hybridized carbons (Fsp3) is 0.375. The molecule has 138 valence electrons. The van der Waals surface area contributed by atoms with Gasteiger partial charge in [0.1, 0.15) is 5.65 Å². The number of aryl methyl sites for hydroxylation is 1. The van der Waals surface area contributed by atoms with Gasteiger partial charge >= 0.3 is 0 Å². The lowest BCUT2D eigenvalue weighted by Crippen LogP contribution is -2.19. The number of nitrogens with zero attached hydrogens (tertiary/aromatic N) is 4. The average Bonchev–Trinajstić information content (AvgIpc) is 3.09. The van der Waals surface area contributed by atoms with Crippen LogP contribution < -0.4 is 5.56 Å². The van der Waals surface area contributed by atoms with E-state index in [2.05, 4.69) is 15.1 Å². The Balaban J connectivity index is 2.35. The minimum atomic E-state index is -2.84. The second-order valence-electron chi connectivity index (χ2n) is 5.58. The second-order valence-corrected chi connectivity index (χ2v) is 5.97. The number of fused-ring (bicyclic) bond motifs is 1. The number of nitrogens with one attached hydrogen (secondary N) is 1. The van der Waals surface area contributed by atoms with E-state index < -0.39 is 17.5 Å². The highest BCUT2D eigenvalue weighted by Crippen LogP contribution is 2.29. The van der Waals surface area contributed by atoms with Crippen molar-refractivity contribution in [3.8, 4) is 11.3 Å². The van der Waals surface area contributed by atoms with Gasteiger partial charge in [-0.25, -0.2) is 13.8 Å². The molecule has 0 fully saturated rings. The summed E-state index contributed by atoms with van der Waals surface area (Å²) < 4.78 is 35.6. The highest BCUT2D eigenvalue weighted by Gasteiger charge is 2.20. The number of rotatable bonds is 6. The van der Waals surface area contributed by atoms with Crippen LogP contribution in [-0.4, -0.2) is 38.0 Å². The third-order valence-corrected chi connectivity index (χ3v) is 4.31. The van der Waals surface area contributed by atoms with E-state index in [4.69, 9.17) is 17.0 Å². The number of halogens is 2. The molecule has 0 atom stereocenters. The lowest BCUT2D eigenvalue weighted by molar-refractivity contribution is 0.153. The quantitative estimate of drug-likeness (QED) is 0.665. The molecule has 3 aromatic rings. The van der Waals surface area contributed by atoms with Crippen molar-refractivity contribution < 1.29 is 13.5 Å². The summed E-state index contributed by atoms with van der Waals surface area (Å²) >= 11 is 5.18. The predicted molar refractivity (Wildman–Crippen MR) is 94.9 cm³/mol. The van der Waals surface area contributed by atoms with Crippen molar-refractivity contribution in [3.05, 3.63) is 39.1 Å². The number of pyridine rings is 1. The number of ether oxygens (including phenoxy) is 1. The molecule has 3 rings (SSSR count). The van der Waals surface area contributed by atoms with E-state index in [0.29, 0.717) is 24.4 Å². The Hall–Kier alpha value is -2.46. The molecular weight excluding hydrogens is 364 g/mol. The molecule has 0 bridgehead atoms. The summed E-state index contributed by atoms with van der Waals surface area (Å²) in [5.74, 6) is 0. The number of alkyl halides is 2. The number of aromatic nitrogens is 5. The van der Waals surface area contributed by atoms with E-state index in [0.717, 1.165) is 0 Å². The van der Waals surface area contributed by atoms with Gasteiger partial charge in [-0.15, -0.1) is 0 Å². The van der Waals surface area contributed by atoms with E-state index in [1.807, 2.05) is 6.92 Å². The smallest absolute Gasteiger partial charge is 0.264 e. The SMILES string of the molecule is CCn1cc(-c2cc(C(F)F)c3c(=O)[nH]c(=S)n(CCOC)c3n2)cn1. The number of hydrogen-bond acceptors (Lipinski definition) is 5. The molecule has 10 heteroatoms. The van der Waals surface area contributed by atoms with Crippen molar-refractivity contribution in [2.45, 2.75) is 26.4 Å². The molecule has 0 radical (unpaired) electrons. The molecule has 0 spiro atoms. The maximum atomic E-state index is 13.7. The van der Waals surface area contributed by atoms with Crippen LogP contribution in [0.5, 0.6) is 0 Å². The normalized spacial score (nSPS) is 11.6. The van der Waals surface area contributed by atoms with Gasteiger partial charge in [-0.3, -0.25) is 14.5 Å². The Morgan fingerprint density at radius 1 is 1.42 bits per heavy atom. The van der Waals surface area contributed by atoms with Gasteiger partial charge in [-0.1, -0.05) is 0 Å². The van der Waals surface area contributed by atoms with E-state index >= 15 is 0 Å². The van der Waals surface area contributed by atoms with Crippen molar-refractivity contribution in [3.63, 3.8) is 0 Å². The molecule has 7 nitrogen and oxygen atoms in total. The zero-order valence-corrected chi connectivity index (χ0v) is 15.0. The minimum absolute atomic E-state index is 0.104. The van der Waals surface area contributed by atoms with Crippen molar-refractivity contribution in [1.29, 1.82) is 0 Å². The zero-order valence-electron chi connectivity index (χ0n) is 14.2. The first-order valence-corrected chi connectivity index (χ1v) is 8.34. The largest absolute Gasteiger partial charge is 0.383 e. The molecule has 0 aliphatic rings. The molecule has 3 aromatic heterocycles. The summed E-state index contributed by atoms with van der Waals surface area (Å²) in [4.78, 5) is 19.2. The molecule has 0 aliphatic heterocycles. The van der Waals surface area contributed by atoms with Gasteiger partial charge in [0.25, 0.3) is 12.0 Å². The first kappa shape index (κ1) is 18.3. The number of H-pyrrole nitrogens is 1. The highest BCUT2D eigenvalue weighted by atomic mass is 32.1. The summed E-state index contributed by atoms with van der Waals surface area (Å²) in [7, 11) is 1.51. The summed E-state index contributed by atoms with van der Waals surface area (Å²) in [6, 6.07) is 1.23. The maximum absolute atomic E-state index is 13.7. The number of hydrogen-bond donors (Lipinski definition) is 1. The fourth-order valence-corrected chi connectivity index (χ4v) is 2.95. The van der Waals surface area contributed by atoms with E-state index in [1.165, 1.54) is 17.7 Å². The maximum Gasteiger partial charge on any atom is 0.264 e. The van der Waals surface area contributed by atoms with Crippen LogP contribution in [0.4, 0.5) is 8.78 Å². The Morgan fingerprint density at radius 3 is 2.81 bits per heavy atom. The van der Waals surface area contributed by atoms with Crippen LogP contribution in [-0.2, 0) is 17.8 Å². The third-order valence-electron chi connectivity index (χ3n) is 3.99. The van der Waals surface area contributed by atoms with Crippen LogP contribution in [0, 0.1) is 4.77 Å². The molecule has 1 N–H and O–H groups in total. The molecule has 0 unspecified atom stereocenters. The summed E-state index contributed by atoms with van der Waals surface area (Å²) in [6.07, 6.45) is 0.423. The average molecular weight is 381 g/mol. The van der Waals surface area contributed by atoms with Gasteiger partial charge < -0.3 is 9.30 Å². The van der Waals surface area contributed by atoms with E-state index in [9.17, 15) is 13.6 Å². The Morgan fingerprint density at radius 2 is 2.19 bits per heavy atom. The van der Waals surface area contributed by atoms with Gasteiger partial charge in [-0.2, -0.15) is 5.10 Å². The predicted octanol–water partition coefficient (Wildman–Crippen LogP) is 2.92. The number of methoxy groups -OCH3 is 1. The fourth-order valence-electron chi connectivity index (χ4n) is 2.68. The molecule has 0 saturated carbocycles. The van der Waals surface area contributed by atoms with Crippen LogP contribution in [0.1, 0.15) is 18.9 Å². The summed E-state index contributed by atoms with van der Waals surface area (Å²) in [5, 5.41) is 3.98. The van der Waals surface area contributed by atoms with Gasteiger partial charge in [0.15, 0.2) is 4.77 Å². The van der Waals surface area contributed by atoms with Crippen LogP contribution in [0.25, 0.3) is 22.3 Å². The van der Waals surface area contributed by atoms with Crippen molar-refractivity contribution in [1.82, 2.24) is 24.3 Å². The van der Waals surface area contributed by atoms with Gasteiger partial charge in [0.2, 0.25) is 0 Å². The van der Waals surface area contributed by atoms with Crippen molar-refractivity contribution >= 4 is 23.3 Å². The molecule has 26 heavy (non-hydrogen) atoms.